The minimum atomic E-state index is 0.103. The number of nitrogens with one attached hydrogen (secondary N) is 1. The van der Waals surface area contributed by atoms with Crippen LogP contribution in [-0.2, 0) is 14.9 Å². The zero-order chi connectivity index (χ0) is 25.7. The molecule has 4 rings (SSSR count). The summed E-state index contributed by atoms with van der Waals surface area (Å²) >= 11 is 0. The third-order valence-electron chi connectivity index (χ3n) is 7.57. The lowest BCUT2D eigenvalue weighted by molar-refractivity contribution is -0.139. The molecule has 0 radical (unpaired) electrons. The summed E-state index contributed by atoms with van der Waals surface area (Å²) < 4.78 is 6.03. The van der Waals surface area contributed by atoms with Gasteiger partial charge in [0.2, 0.25) is 5.91 Å². The van der Waals surface area contributed by atoms with Crippen LogP contribution < -0.4 is 10.2 Å². The molecule has 1 aliphatic heterocycles. The van der Waals surface area contributed by atoms with Crippen LogP contribution in [0.4, 0.5) is 11.4 Å². The lowest BCUT2D eigenvalue weighted by Gasteiger charge is -2.37. The Morgan fingerprint density at radius 3 is 2.28 bits per heavy atom. The molecule has 2 aliphatic rings. The van der Waals surface area contributed by atoms with Gasteiger partial charge in [0, 0.05) is 43.6 Å². The van der Waals surface area contributed by atoms with E-state index in [0.29, 0.717) is 6.04 Å². The molecule has 36 heavy (non-hydrogen) atoms. The number of rotatable bonds is 6. The Kier molecular flexibility index (Phi) is 8.21. The van der Waals surface area contributed by atoms with Gasteiger partial charge in [-0.25, -0.2) is 0 Å². The molecule has 0 bridgehead atoms. The molecule has 0 aromatic heterocycles. The summed E-state index contributed by atoms with van der Waals surface area (Å²) in [5.41, 5.74) is 5.51. The van der Waals surface area contributed by atoms with Crippen molar-refractivity contribution in [1.29, 1.82) is 5.26 Å². The molecule has 192 valence electrons. The second-order valence-corrected chi connectivity index (χ2v) is 11.2. The van der Waals surface area contributed by atoms with Gasteiger partial charge >= 0.3 is 0 Å². The summed E-state index contributed by atoms with van der Waals surface area (Å²) in [5, 5.41) is 12.7. The van der Waals surface area contributed by atoms with E-state index >= 15 is 0 Å². The first-order chi connectivity index (χ1) is 17.2. The highest BCUT2D eigenvalue weighted by Crippen LogP contribution is 2.27. The third kappa shape index (κ3) is 6.59. The van der Waals surface area contributed by atoms with Crippen molar-refractivity contribution in [3.05, 3.63) is 59.2 Å². The van der Waals surface area contributed by atoms with Crippen LogP contribution in [0.5, 0.6) is 0 Å². The standard InChI is InChI=1S/C30H40N4O2/c1-22-19-26(8-5-23(22)20-31)32-25-9-13-28(14-10-25)36-21-29(35)34-17-15-33(16-18-34)27-11-6-24(7-12-27)30(2,3)4/h5-8,11-12,19,25,28,32H,9-10,13-18,21H2,1-4H3. The highest BCUT2D eigenvalue weighted by atomic mass is 16.5. The fraction of sp³-hybridized carbons (Fsp3) is 0.533. The predicted octanol–water partition coefficient (Wildman–Crippen LogP) is 5.25. The number of carbonyl (C=O) groups excluding carboxylic acids is 1. The summed E-state index contributed by atoms with van der Waals surface area (Å²) in [6.45, 7) is 12.0. The van der Waals surface area contributed by atoms with Gasteiger partial charge in [-0.3, -0.25) is 4.79 Å². The number of benzene rings is 2. The van der Waals surface area contributed by atoms with Gasteiger partial charge in [0.1, 0.15) is 6.61 Å². The van der Waals surface area contributed by atoms with Crippen molar-refractivity contribution < 1.29 is 9.53 Å². The van der Waals surface area contributed by atoms with Crippen molar-refractivity contribution in [3.63, 3.8) is 0 Å². The average Bonchev–Trinajstić information content (AvgIpc) is 2.88. The molecule has 0 atom stereocenters. The number of ether oxygens (including phenoxy) is 1. The molecule has 1 saturated heterocycles. The molecule has 0 unspecified atom stereocenters. The SMILES string of the molecule is Cc1cc(NC2CCC(OCC(=O)N3CCN(c4ccc(C(C)(C)C)cc4)CC3)CC2)ccc1C#N. The first-order valence-electron chi connectivity index (χ1n) is 13.2. The number of anilines is 2. The van der Waals surface area contributed by atoms with E-state index in [4.69, 9.17) is 10.00 Å². The quantitative estimate of drug-likeness (QED) is 0.601. The summed E-state index contributed by atoms with van der Waals surface area (Å²) in [6.07, 6.45) is 4.10. The summed E-state index contributed by atoms with van der Waals surface area (Å²) in [7, 11) is 0. The van der Waals surface area contributed by atoms with Crippen molar-refractivity contribution in [3.8, 4) is 6.07 Å². The first kappa shape index (κ1) is 26.0. The molecule has 2 fully saturated rings. The maximum atomic E-state index is 12.8. The number of amides is 1. The molecule has 1 amide bonds. The van der Waals surface area contributed by atoms with Gasteiger partial charge in [0.25, 0.3) is 0 Å². The van der Waals surface area contributed by atoms with Crippen LogP contribution in [0.25, 0.3) is 0 Å². The van der Waals surface area contributed by atoms with Crippen LogP contribution in [0.15, 0.2) is 42.5 Å². The molecular formula is C30H40N4O2. The van der Waals surface area contributed by atoms with Crippen molar-refractivity contribution in [2.75, 3.05) is 43.0 Å². The van der Waals surface area contributed by atoms with Crippen molar-refractivity contribution in [2.45, 2.75) is 70.9 Å². The van der Waals surface area contributed by atoms with Gasteiger partial charge < -0.3 is 19.9 Å². The van der Waals surface area contributed by atoms with Crippen LogP contribution in [0.3, 0.4) is 0 Å². The molecular weight excluding hydrogens is 448 g/mol. The molecule has 2 aromatic carbocycles. The summed E-state index contributed by atoms with van der Waals surface area (Å²) in [4.78, 5) is 17.1. The summed E-state index contributed by atoms with van der Waals surface area (Å²) in [5.74, 6) is 0.103. The third-order valence-corrected chi connectivity index (χ3v) is 7.57. The molecule has 6 nitrogen and oxygen atoms in total. The fourth-order valence-electron chi connectivity index (χ4n) is 5.16. The van der Waals surface area contributed by atoms with E-state index in [9.17, 15) is 4.79 Å². The predicted molar refractivity (Wildman–Crippen MR) is 145 cm³/mol. The van der Waals surface area contributed by atoms with Crippen molar-refractivity contribution >= 4 is 17.3 Å². The number of carbonyl (C=O) groups is 1. The molecule has 2 aromatic rings. The monoisotopic (exact) mass is 488 g/mol. The van der Waals surface area contributed by atoms with Crippen LogP contribution in [0, 0.1) is 18.3 Å². The number of hydrogen-bond acceptors (Lipinski definition) is 5. The number of nitrogens with zero attached hydrogens (tertiary/aromatic N) is 3. The van der Waals surface area contributed by atoms with Gasteiger partial charge in [0.15, 0.2) is 0 Å². The van der Waals surface area contributed by atoms with Gasteiger partial charge in [-0.05, 0) is 79.5 Å². The minimum Gasteiger partial charge on any atom is -0.382 e. The highest BCUT2D eigenvalue weighted by Gasteiger charge is 2.25. The van der Waals surface area contributed by atoms with Crippen LogP contribution in [0.2, 0.25) is 0 Å². The maximum absolute atomic E-state index is 12.8. The lowest BCUT2D eigenvalue weighted by Crippen LogP contribution is -2.50. The topological polar surface area (TPSA) is 68.6 Å². The van der Waals surface area contributed by atoms with E-state index in [0.717, 1.165) is 68.7 Å². The van der Waals surface area contributed by atoms with E-state index in [2.05, 4.69) is 61.3 Å². The highest BCUT2D eigenvalue weighted by molar-refractivity contribution is 5.77. The zero-order valence-corrected chi connectivity index (χ0v) is 22.2. The van der Waals surface area contributed by atoms with E-state index in [1.807, 2.05) is 30.0 Å². The minimum absolute atomic E-state index is 0.103. The number of nitriles is 1. The molecule has 1 aliphatic carbocycles. The Labute approximate surface area is 216 Å². The Balaban J connectivity index is 1.16. The van der Waals surface area contributed by atoms with Crippen molar-refractivity contribution in [2.24, 2.45) is 0 Å². The Morgan fingerprint density at radius 2 is 1.69 bits per heavy atom. The maximum Gasteiger partial charge on any atom is 0.248 e. The van der Waals surface area contributed by atoms with Gasteiger partial charge in [-0.1, -0.05) is 32.9 Å². The van der Waals surface area contributed by atoms with E-state index in [1.165, 1.54) is 11.3 Å². The van der Waals surface area contributed by atoms with Crippen LogP contribution in [0.1, 0.15) is 63.1 Å². The average molecular weight is 489 g/mol. The van der Waals surface area contributed by atoms with Gasteiger partial charge in [0.05, 0.1) is 17.7 Å². The van der Waals surface area contributed by atoms with E-state index in [-0.39, 0.29) is 24.0 Å². The van der Waals surface area contributed by atoms with Crippen LogP contribution >= 0.6 is 0 Å². The normalized spacial score (nSPS) is 20.6. The van der Waals surface area contributed by atoms with Gasteiger partial charge in [-0.15, -0.1) is 0 Å². The number of piperazine rings is 1. The Bertz CT molecular complexity index is 1070. The van der Waals surface area contributed by atoms with Gasteiger partial charge in [-0.2, -0.15) is 5.26 Å². The molecule has 6 heteroatoms. The summed E-state index contributed by atoms with van der Waals surface area (Å²) in [6, 6.07) is 17.4. The first-order valence-corrected chi connectivity index (χ1v) is 13.2. The Hall–Kier alpha value is -3.04. The fourth-order valence-corrected chi connectivity index (χ4v) is 5.16. The number of hydrogen-bond donors (Lipinski definition) is 1. The second-order valence-electron chi connectivity index (χ2n) is 11.2. The van der Waals surface area contributed by atoms with E-state index in [1.54, 1.807) is 0 Å². The Morgan fingerprint density at radius 1 is 1.03 bits per heavy atom. The lowest BCUT2D eigenvalue weighted by atomic mass is 9.87. The molecule has 1 saturated carbocycles. The van der Waals surface area contributed by atoms with Crippen molar-refractivity contribution in [1.82, 2.24) is 4.90 Å². The van der Waals surface area contributed by atoms with E-state index < -0.39 is 0 Å². The smallest absolute Gasteiger partial charge is 0.248 e. The molecule has 1 N–H and O–H groups in total. The zero-order valence-electron chi connectivity index (χ0n) is 22.2. The molecule has 0 spiro atoms. The van der Waals surface area contributed by atoms with Crippen LogP contribution in [-0.4, -0.2) is 55.7 Å². The second kappa shape index (κ2) is 11.3. The largest absolute Gasteiger partial charge is 0.382 e. The molecule has 1 heterocycles. The number of aryl methyl sites for hydroxylation is 1.